The molecular formula is C14H19NO3S. The van der Waals surface area contributed by atoms with Gasteiger partial charge in [-0.15, -0.1) is 11.8 Å². The zero-order valence-electron chi connectivity index (χ0n) is 11.0. The number of carbonyl (C=O) groups is 1. The number of hydrogen-bond acceptors (Lipinski definition) is 4. The smallest absolute Gasteiger partial charge is 0.233 e. The minimum absolute atomic E-state index is 0.0329. The summed E-state index contributed by atoms with van der Waals surface area (Å²) in [5.41, 5.74) is 1.22. The van der Waals surface area contributed by atoms with Gasteiger partial charge in [-0.2, -0.15) is 0 Å². The van der Waals surface area contributed by atoms with E-state index in [1.165, 1.54) is 5.56 Å². The highest BCUT2D eigenvalue weighted by atomic mass is 32.2. The van der Waals surface area contributed by atoms with Crippen LogP contribution in [0.25, 0.3) is 0 Å². The topological polar surface area (TPSA) is 49.8 Å². The van der Waals surface area contributed by atoms with Gasteiger partial charge in [0, 0.05) is 18.0 Å². The van der Waals surface area contributed by atoms with Crippen molar-refractivity contribution >= 4 is 17.7 Å². The van der Waals surface area contributed by atoms with Crippen molar-refractivity contribution in [1.82, 2.24) is 4.90 Å². The van der Waals surface area contributed by atoms with Crippen molar-refractivity contribution in [3.8, 4) is 0 Å². The summed E-state index contributed by atoms with van der Waals surface area (Å²) in [5, 5.41) is 9.06. The Morgan fingerprint density at radius 2 is 2.21 bits per heavy atom. The van der Waals surface area contributed by atoms with Crippen molar-refractivity contribution in [1.29, 1.82) is 0 Å². The van der Waals surface area contributed by atoms with Crippen molar-refractivity contribution < 1.29 is 14.6 Å². The number of rotatable bonds is 4. The first-order valence-corrected chi connectivity index (χ1v) is 7.37. The normalized spacial score (nSPS) is 19.5. The first-order chi connectivity index (χ1) is 9.19. The molecule has 0 aromatic heterocycles. The number of aliphatic hydroxyl groups is 1. The molecule has 0 aliphatic carbocycles. The molecule has 0 bridgehead atoms. The Balaban J connectivity index is 1.82. The SMILES string of the molecule is Cc1ccc(SCC(=O)N2CCOC(CO)C2)cc1. The van der Waals surface area contributed by atoms with Crippen molar-refractivity contribution in [3.63, 3.8) is 0 Å². The van der Waals surface area contributed by atoms with Gasteiger partial charge in [-0.1, -0.05) is 17.7 Å². The van der Waals surface area contributed by atoms with Crippen LogP contribution >= 0.6 is 11.8 Å². The van der Waals surface area contributed by atoms with E-state index >= 15 is 0 Å². The van der Waals surface area contributed by atoms with E-state index in [-0.39, 0.29) is 18.6 Å². The van der Waals surface area contributed by atoms with Crippen molar-refractivity contribution in [3.05, 3.63) is 29.8 Å². The summed E-state index contributed by atoms with van der Waals surface area (Å²) in [5.74, 6) is 0.536. The van der Waals surface area contributed by atoms with E-state index in [2.05, 4.69) is 0 Å². The molecule has 1 amide bonds. The minimum Gasteiger partial charge on any atom is -0.394 e. The fraction of sp³-hybridized carbons (Fsp3) is 0.500. The van der Waals surface area contributed by atoms with Crippen LogP contribution in [0.5, 0.6) is 0 Å². The summed E-state index contributed by atoms with van der Waals surface area (Å²) in [6.07, 6.45) is -0.234. The molecule has 1 aromatic carbocycles. The van der Waals surface area contributed by atoms with Crippen LogP contribution < -0.4 is 0 Å². The molecule has 1 heterocycles. The molecule has 1 unspecified atom stereocenters. The first-order valence-electron chi connectivity index (χ1n) is 6.39. The number of benzene rings is 1. The lowest BCUT2D eigenvalue weighted by Gasteiger charge is -2.32. The van der Waals surface area contributed by atoms with Crippen LogP contribution in [-0.2, 0) is 9.53 Å². The van der Waals surface area contributed by atoms with Gasteiger partial charge in [0.05, 0.1) is 25.1 Å². The Morgan fingerprint density at radius 3 is 2.89 bits per heavy atom. The van der Waals surface area contributed by atoms with E-state index in [4.69, 9.17) is 9.84 Å². The monoisotopic (exact) mass is 281 g/mol. The molecule has 5 heteroatoms. The first kappa shape index (κ1) is 14.4. The zero-order chi connectivity index (χ0) is 13.7. The second kappa shape index (κ2) is 6.93. The van der Waals surface area contributed by atoms with Gasteiger partial charge in [0.15, 0.2) is 0 Å². The van der Waals surface area contributed by atoms with Crippen molar-refractivity contribution in [2.75, 3.05) is 32.1 Å². The molecule has 1 aliphatic rings. The number of ether oxygens (including phenoxy) is 1. The molecule has 104 valence electrons. The third-order valence-corrected chi connectivity index (χ3v) is 4.08. The van der Waals surface area contributed by atoms with Crippen LogP contribution in [0.4, 0.5) is 0 Å². The standard InChI is InChI=1S/C14H19NO3S/c1-11-2-4-13(5-3-11)19-10-14(17)15-6-7-18-12(8-15)9-16/h2-5,12,16H,6-10H2,1H3. The predicted molar refractivity (Wildman–Crippen MR) is 75.3 cm³/mol. The van der Waals surface area contributed by atoms with Crippen LogP contribution in [0.2, 0.25) is 0 Å². The van der Waals surface area contributed by atoms with Crippen LogP contribution in [0.1, 0.15) is 5.56 Å². The number of nitrogens with zero attached hydrogens (tertiary/aromatic N) is 1. The Labute approximate surface area is 117 Å². The Morgan fingerprint density at radius 1 is 1.47 bits per heavy atom. The summed E-state index contributed by atoms with van der Waals surface area (Å²) in [6.45, 7) is 3.62. The van der Waals surface area contributed by atoms with Gasteiger partial charge in [0.2, 0.25) is 5.91 Å². The summed E-state index contributed by atoms with van der Waals surface area (Å²) in [7, 11) is 0. The van der Waals surface area contributed by atoms with E-state index in [9.17, 15) is 4.79 Å². The molecule has 2 rings (SSSR count). The number of aryl methyl sites for hydroxylation is 1. The number of hydrogen-bond donors (Lipinski definition) is 1. The quantitative estimate of drug-likeness (QED) is 0.845. The Bertz CT molecular complexity index is 421. The maximum Gasteiger partial charge on any atom is 0.233 e. The molecule has 19 heavy (non-hydrogen) atoms. The minimum atomic E-state index is -0.234. The van der Waals surface area contributed by atoms with Gasteiger partial charge in [-0.3, -0.25) is 4.79 Å². The third kappa shape index (κ3) is 4.23. The number of thioether (sulfide) groups is 1. The van der Waals surface area contributed by atoms with Gasteiger partial charge < -0.3 is 14.7 Å². The lowest BCUT2D eigenvalue weighted by Crippen LogP contribution is -2.47. The lowest BCUT2D eigenvalue weighted by atomic mass is 10.2. The Kier molecular flexibility index (Phi) is 5.24. The highest BCUT2D eigenvalue weighted by Gasteiger charge is 2.23. The fourth-order valence-corrected chi connectivity index (χ4v) is 2.73. The van der Waals surface area contributed by atoms with Crippen LogP contribution in [0, 0.1) is 6.92 Å². The molecule has 1 aromatic rings. The molecule has 1 saturated heterocycles. The molecular weight excluding hydrogens is 262 g/mol. The molecule has 0 radical (unpaired) electrons. The summed E-state index contributed by atoms with van der Waals surface area (Å²) in [4.78, 5) is 14.9. The fourth-order valence-electron chi connectivity index (χ4n) is 1.93. The van der Waals surface area contributed by atoms with Gasteiger partial charge in [0.25, 0.3) is 0 Å². The third-order valence-electron chi connectivity index (χ3n) is 3.08. The van der Waals surface area contributed by atoms with E-state index in [1.54, 1.807) is 16.7 Å². The van der Waals surface area contributed by atoms with Crippen molar-refractivity contribution in [2.45, 2.75) is 17.9 Å². The van der Waals surface area contributed by atoms with E-state index < -0.39 is 0 Å². The van der Waals surface area contributed by atoms with Gasteiger partial charge in [-0.05, 0) is 19.1 Å². The maximum absolute atomic E-state index is 12.1. The maximum atomic E-state index is 12.1. The van der Waals surface area contributed by atoms with Gasteiger partial charge in [-0.25, -0.2) is 0 Å². The highest BCUT2D eigenvalue weighted by Crippen LogP contribution is 2.19. The van der Waals surface area contributed by atoms with E-state index in [0.29, 0.717) is 25.4 Å². The lowest BCUT2D eigenvalue weighted by molar-refractivity contribution is -0.137. The molecule has 4 nitrogen and oxygen atoms in total. The van der Waals surface area contributed by atoms with Gasteiger partial charge >= 0.3 is 0 Å². The molecule has 1 fully saturated rings. The zero-order valence-corrected chi connectivity index (χ0v) is 11.9. The average molecular weight is 281 g/mol. The molecule has 1 N–H and O–H groups in total. The summed E-state index contributed by atoms with van der Waals surface area (Å²) >= 11 is 1.55. The summed E-state index contributed by atoms with van der Waals surface area (Å²) < 4.78 is 5.33. The van der Waals surface area contributed by atoms with Crippen LogP contribution in [0.15, 0.2) is 29.2 Å². The van der Waals surface area contributed by atoms with E-state index in [1.807, 2.05) is 31.2 Å². The van der Waals surface area contributed by atoms with E-state index in [0.717, 1.165) is 4.90 Å². The molecule has 1 atom stereocenters. The van der Waals surface area contributed by atoms with Crippen LogP contribution in [-0.4, -0.2) is 54.1 Å². The molecule has 0 saturated carbocycles. The summed E-state index contributed by atoms with van der Waals surface area (Å²) in [6, 6.07) is 8.15. The number of amides is 1. The second-order valence-electron chi connectivity index (χ2n) is 4.62. The molecule has 0 spiro atoms. The number of carbonyl (C=O) groups excluding carboxylic acids is 1. The predicted octanol–water partition coefficient (Wildman–Crippen LogP) is 1.31. The number of morpholine rings is 1. The Hall–Kier alpha value is -1.04. The largest absolute Gasteiger partial charge is 0.394 e. The van der Waals surface area contributed by atoms with Gasteiger partial charge in [0.1, 0.15) is 0 Å². The average Bonchev–Trinajstić information content (AvgIpc) is 2.46. The highest BCUT2D eigenvalue weighted by molar-refractivity contribution is 8.00. The second-order valence-corrected chi connectivity index (χ2v) is 5.67. The number of aliphatic hydroxyl groups excluding tert-OH is 1. The molecule has 1 aliphatic heterocycles. The van der Waals surface area contributed by atoms with Crippen molar-refractivity contribution in [2.24, 2.45) is 0 Å². The van der Waals surface area contributed by atoms with Crippen LogP contribution in [0.3, 0.4) is 0 Å².